The molecule has 78 valence electrons. The lowest BCUT2D eigenvalue weighted by Crippen LogP contribution is -1.86. The number of nitrogens with zero attached hydrogens (tertiary/aromatic N) is 3. The van der Waals surface area contributed by atoms with Crippen LogP contribution in [0.15, 0.2) is 36.7 Å². The van der Waals surface area contributed by atoms with Crippen molar-refractivity contribution in [2.24, 2.45) is 0 Å². The van der Waals surface area contributed by atoms with Crippen molar-refractivity contribution in [2.45, 2.75) is 0 Å². The van der Waals surface area contributed by atoms with Gasteiger partial charge in [0.1, 0.15) is 11.0 Å². The average molecular weight is 228 g/mol. The van der Waals surface area contributed by atoms with Gasteiger partial charge in [0, 0.05) is 5.56 Å². The van der Waals surface area contributed by atoms with E-state index in [1.54, 1.807) is 0 Å². The van der Waals surface area contributed by atoms with Gasteiger partial charge in [0.2, 0.25) is 0 Å². The van der Waals surface area contributed by atoms with Gasteiger partial charge in [0.15, 0.2) is 10.8 Å². The maximum atomic E-state index is 5.68. The van der Waals surface area contributed by atoms with Crippen molar-refractivity contribution in [2.75, 3.05) is 5.73 Å². The molecular formula is C11H8N4S. The van der Waals surface area contributed by atoms with Gasteiger partial charge in [-0.15, -0.1) is 0 Å². The highest BCUT2D eigenvalue weighted by Crippen LogP contribution is 2.30. The molecule has 5 heteroatoms. The number of nitrogen functional groups attached to an aromatic ring is 1. The zero-order chi connectivity index (χ0) is 11.0. The normalized spacial score (nSPS) is 10.8. The third-order valence-corrected chi connectivity index (χ3v) is 3.14. The molecule has 0 bridgehead atoms. The molecule has 1 aromatic carbocycles. The summed E-state index contributed by atoms with van der Waals surface area (Å²) in [4.78, 5) is 12.5. The molecule has 2 heterocycles. The molecule has 0 amide bonds. The summed E-state index contributed by atoms with van der Waals surface area (Å²) in [5.41, 5.74) is 8.28. The maximum absolute atomic E-state index is 5.68. The molecule has 4 nitrogen and oxygen atoms in total. The highest BCUT2D eigenvalue weighted by molar-refractivity contribution is 7.22. The third kappa shape index (κ3) is 1.42. The van der Waals surface area contributed by atoms with Crippen LogP contribution in [0.1, 0.15) is 0 Å². The minimum absolute atomic E-state index is 0.521. The monoisotopic (exact) mass is 228 g/mol. The van der Waals surface area contributed by atoms with E-state index in [9.17, 15) is 0 Å². The molecule has 0 spiro atoms. The van der Waals surface area contributed by atoms with Crippen LogP contribution in [-0.4, -0.2) is 15.0 Å². The Labute approximate surface area is 95.8 Å². The topological polar surface area (TPSA) is 64.7 Å². The quantitative estimate of drug-likeness (QED) is 0.694. The first-order valence-corrected chi connectivity index (χ1v) is 5.58. The molecule has 2 N–H and O–H groups in total. The number of fused-ring (bicyclic) bond motifs is 1. The summed E-state index contributed by atoms with van der Waals surface area (Å²) in [6.45, 7) is 0. The maximum Gasteiger partial charge on any atom is 0.182 e. The largest absolute Gasteiger partial charge is 0.375 e. The van der Waals surface area contributed by atoms with Crippen LogP contribution in [0.25, 0.3) is 21.6 Å². The molecule has 3 rings (SSSR count). The summed E-state index contributed by atoms with van der Waals surface area (Å²) >= 11 is 1.42. The Morgan fingerprint density at radius 2 is 1.88 bits per heavy atom. The van der Waals surface area contributed by atoms with E-state index in [1.165, 1.54) is 17.7 Å². The second-order valence-corrected chi connectivity index (χ2v) is 4.32. The third-order valence-electron chi connectivity index (χ3n) is 2.25. The summed E-state index contributed by atoms with van der Waals surface area (Å²) in [6.07, 6.45) is 1.52. The van der Waals surface area contributed by atoms with Crippen LogP contribution >= 0.6 is 11.3 Å². The highest BCUT2D eigenvalue weighted by atomic mass is 32.1. The Hall–Kier alpha value is -2.01. The van der Waals surface area contributed by atoms with Crippen molar-refractivity contribution < 1.29 is 0 Å². The standard InChI is InChI=1S/C11H8N4S/c12-11-15-10-9(16-11)8(13-6-14-10)7-4-2-1-3-5-7/h1-6H,(H2,12,13,14,15). The van der Waals surface area contributed by atoms with Crippen molar-refractivity contribution >= 4 is 26.8 Å². The van der Waals surface area contributed by atoms with E-state index in [0.29, 0.717) is 10.8 Å². The van der Waals surface area contributed by atoms with Crippen molar-refractivity contribution in [3.8, 4) is 11.3 Å². The molecule has 0 unspecified atom stereocenters. The van der Waals surface area contributed by atoms with Crippen LogP contribution in [-0.2, 0) is 0 Å². The van der Waals surface area contributed by atoms with Crippen LogP contribution in [0, 0.1) is 0 Å². The Morgan fingerprint density at radius 3 is 2.69 bits per heavy atom. The molecule has 0 saturated carbocycles. The Bertz CT molecular complexity index is 633. The zero-order valence-corrected chi connectivity index (χ0v) is 9.11. The SMILES string of the molecule is Nc1nc2ncnc(-c3ccccc3)c2s1. The van der Waals surface area contributed by atoms with Crippen LogP contribution < -0.4 is 5.73 Å². The zero-order valence-electron chi connectivity index (χ0n) is 8.29. The smallest absolute Gasteiger partial charge is 0.182 e. The van der Waals surface area contributed by atoms with Crippen LogP contribution in [0.4, 0.5) is 5.13 Å². The molecule has 2 aromatic heterocycles. The van der Waals surface area contributed by atoms with Crippen molar-refractivity contribution in [1.29, 1.82) is 0 Å². The van der Waals surface area contributed by atoms with Crippen LogP contribution in [0.3, 0.4) is 0 Å². The first-order chi connectivity index (χ1) is 7.84. The number of aromatic nitrogens is 3. The van der Waals surface area contributed by atoms with Gasteiger partial charge in [0.25, 0.3) is 0 Å². The summed E-state index contributed by atoms with van der Waals surface area (Å²) in [7, 11) is 0. The fourth-order valence-electron chi connectivity index (χ4n) is 1.57. The van der Waals surface area contributed by atoms with E-state index in [-0.39, 0.29) is 0 Å². The number of benzene rings is 1. The first-order valence-electron chi connectivity index (χ1n) is 4.77. The summed E-state index contributed by atoms with van der Waals surface area (Å²) in [6, 6.07) is 9.96. The van der Waals surface area contributed by atoms with Gasteiger partial charge in [-0.1, -0.05) is 41.7 Å². The van der Waals surface area contributed by atoms with Crippen LogP contribution in [0.5, 0.6) is 0 Å². The van der Waals surface area contributed by atoms with Gasteiger partial charge in [-0.05, 0) is 0 Å². The molecule has 3 aromatic rings. The molecule has 0 fully saturated rings. The lowest BCUT2D eigenvalue weighted by molar-refractivity contribution is 1.20. The molecule has 0 aliphatic heterocycles. The van der Waals surface area contributed by atoms with E-state index < -0.39 is 0 Å². The second-order valence-electron chi connectivity index (χ2n) is 3.29. The number of anilines is 1. The lowest BCUT2D eigenvalue weighted by Gasteiger charge is -1.99. The van der Waals surface area contributed by atoms with Crippen molar-refractivity contribution in [3.63, 3.8) is 0 Å². The fraction of sp³-hybridized carbons (Fsp3) is 0. The minimum atomic E-state index is 0.521. The van der Waals surface area contributed by atoms with Gasteiger partial charge in [-0.3, -0.25) is 0 Å². The average Bonchev–Trinajstić information content (AvgIpc) is 2.70. The second kappa shape index (κ2) is 3.53. The van der Waals surface area contributed by atoms with E-state index in [0.717, 1.165) is 16.0 Å². The van der Waals surface area contributed by atoms with Gasteiger partial charge in [-0.25, -0.2) is 15.0 Å². The Kier molecular flexibility index (Phi) is 2.04. The molecule has 0 radical (unpaired) electrons. The summed E-state index contributed by atoms with van der Waals surface area (Å²) in [5.74, 6) is 0. The first kappa shape index (κ1) is 9.23. The summed E-state index contributed by atoms with van der Waals surface area (Å²) < 4.78 is 0.936. The van der Waals surface area contributed by atoms with E-state index >= 15 is 0 Å². The number of nitrogens with two attached hydrogens (primary N) is 1. The Balaban J connectivity index is 2.31. The molecule has 0 atom stereocenters. The molecule has 0 aliphatic carbocycles. The molecule has 0 aliphatic rings. The van der Waals surface area contributed by atoms with E-state index in [1.807, 2.05) is 30.3 Å². The predicted octanol–water partition coefficient (Wildman–Crippen LogP) is 2.34. The predicted molar refractivity (Wildman–Crippen MR) is 65.1 cm³/mol. The van der Waals surface area contributed by atoms with Crippen molar-refractivity contribution in [3.05, 3.63) is 36.7 Å². The summed E-state index contributed by atoms with van der Waals surface area (Å²) in [5, 5.41) is 0.521. The molecule has 0 saturated heterocycles. The number of hydrogen-bond donors (Lipinski definition) is 1. The fourth-order valence-corrected chi connectivity index (χ4v) is 2.37. The van der Waals surface area contributed by atoms with Gasteiger partial charge in [0.05, 0.1) is 5.69 Å². The van der Waals surface area contributed by atoms with Gasteiger partial charge < -0.3 is 5.73 Å². The number of thiazole rings is 1. The Morgan fingerprint density at radius 1 is 1.06 bits per heavy atom. The molecular weight excluding hydrogens is 220 g/mol. The van der Waals surface area contributed by atoms with Gasteiger partial charge in [-0.2, -0.15) is 0 Å². The van der Waals surface area contributed by atoms with E-state index in [2.05, 4.69) is 15.0 Å². The molecule has 16 heavy (non-hydrogen) atoms. The van der Waals surface area contributed by atoms with E-state index in [4.69, 9.17) is 5.73 Å². The number of rotatable bonds is 1. The van der Waals surface area contributed by atoms with Gasteiger partial charge >= 0.3 is 0 Å². The van der Waals surface area contributed by atoms with Crippen molar-refractivity contribution in [1.82, 2.24) is 15.0 Å². The highest BCUT2D eigenvalue weighted by Gasteiger charge is 2.09. The minimum Gasteiger partial charge on any atom is -0.375 e. The number of hydrogen-bond acceptors (Lipinski definition) is 5. The van der Waals surface area contributed by atoms with Crippen LogP contribution in [0.2, 0.25) is 0 Å². The lowest BCUT2D eigenvalue weighted by atomic mass is 10.1.